The molecule has 0 aliphatic carbocycles. The maximum absolute atomic E-state index is 12.5. The lowest BCUT2D eigenvalue weighted by atomic mass is 10.1. The number of ether oxygens (including phenoxy) is 2. The number of aliphatic hydroxyl groups is 1. The van der Waals surface area contributed by atoms with E-state index in [2.05, 4.69) is 42.7 Å². The van der Waals surface area contributed by atoms with E-state index in [0.29, 0.717) is 19.3 Å². The number of allylic oxidation sites excluding steroid dienone is 7. The van der Waals surface area contributed by atoms with Crippen LogP contribution in [-0.4, -0.2) is 71.1 Å². The van der Waals surface area contributed by atoms with Crippen molar-refractivity contribution >= 4 is 25.7 Å². The summed E-state index contributed by atoms with van der Waals surface area (Å²) in [6, 6.07) is -1.53. The summed E-state index contributed by atoms with van der Waals surface area (Å²) < 4.78 is 32.5. The Hall–Kier alpha value is -2.60. The molecule has 12 nitrogen and oxygen atoms in total. The monoisotopic (exact) mass is 771 g/mol. The Morgan fingerprint density at radius 1 is 0.660 bits per heavy atom. The number of carboxylic acid groups (broad SMARTS) is 1. The largest absolute Gasteiger partial charge is 0.480 e. The van der Waals surface area contributed by atoms with Crippen LogP contribution >= 0.6 is 7.82 Å². The van der Waals surface area contributed by atoms with E-state index < -0.39 is 51.1 Å². The first-order valence-corrected chi connectivity index (χ1v) is 21.2. The molecule has 0 aromatic rings. The zero-order valence-electron chi connectivity index (χ0n) is 32.5. The van der Waals surface area contributed by atoms with Crippen LogP contribution in [0.15, 0.2) is 48.6 Å². The fourth-order valence-corrected chi connectivity index (χ4v) is 5.74. The highest BCUT2D eigenvalue weighted by molar-refractivity contribution is 7.47. The Bertz CT molecular complexity index is 1110. The summed E-state index contributed by atoms with van der Waals surface area (Å²) >= 11 is 0. The van der Waals surface area contributed by atoms with Gasteiger partial charge in [0.15, 0.2) is 6.10 Å². The molecule has 0 radical (unpaired) electrons. The molecule has 0 saturated heterocycles. The maximum atomic E-state index is 12.5. The average Bonchev–Trinajstić information content (AvgIpc) is 3.13. The first-order valence-electron chi connectivity index (χ1n) is 19.8. The van der Waals surface area contributed by atoms with E-state index in [-0.39, 0.29) is 25.6 Å². The van der Waals surface area contributed by atoms with Crippen LogP contribution < -0.4 is 5.73 Å². The third-order valence-corrected chi connectivity index (χ3v) is 9.10. The fourth-order valence-electron chi connectivity index (χ4n) is 4.96. The number of nitrogens with two attached hydrogens (primary N) is 1. The van der Waals surface area contributed by atoms with Crippen molar-refractivity contribution in [2.24, 2.45) is 5.73 Å². The van der Waals surface area contributed by atoms with Crippen molar-refractivity contribution in [1.29, 1.82) is 0 Å². The van der Waals surface area contributed by atoms with E-state index >= 15 is 0 Å². The third kappa shape index (κ3) is 34.9. The molecular weight excluding hydrogens is 701 g/mol. The number of hydrogen-bond acceptors (Lipinski definition) is 10. The summed E-state index contributed by atoms with van der Waals surface area (Å²) in [6.07, 6.45) is 33.8. The molecule has 0 fully saturated rings. The van der Waals surface area contributed by atoms with E-state index in [1.807, 2.05) is 24.3 Å². The van der Waals surface area contributed by atoms with E-state index in [1.54, 1.807) is 0 Å². The topological polar surface area (TPSA) is 192 Å². The summed E-state index contributed by atoms with van der Waals surface area (Å²) in [5, 5.41) is 18.7. The van der Waals surface area contributed by atoms with Crippen molar-refractivity contribution < 1.29 is 52.6 Å². The van der Waals surface area contributed by atoms with Crippen LogP contribution in [0.25, 0.3) is 0 Å². The Labute approximate surface area is 318 Å². The molecule has 0 spiro atoms. The number of carbonyl (C=O) groups is 3. The molecule has 1 unspecified atom stereocenters. The smallest absolute Gasteiger partial charge is 0.472 e. The summed E-state index contributed by atoms with van der Waals surface area (Å²) in [6.45, 7) is 2.55. The van der Waals surface area contributed by atoms with Crippen molar-refractivity contribution in [3.8, 4) is 0 Å². The maximum Gasteiger partial charge on any atom is 0.472 e. The van der Waals surface area contributed by atoms with Crippen molar-refractivity contribution in [3.63, 3.8) is 0 Å². The average molecular weight is 772 g/mol. The second-order valence-electron chi connectivity index (χ2n) is 13.2. The first kappa shape index (κ1) is 50.4. The van der Waals surface area contributed by atoms with Gasteiger partial charge in [-0.2, -0.15) is 0 Å². The van der Waals surface area contributed by atoms with Gasteiger partial charge in [0.2, 0.25) is 0 Å². The van der Waals surface area contributed by atoms with Gasteiger partial charge in [-0.05, 0) is 44.9 Å². The molecule has 0 aliphatic heterocycles. The van der Waals surface area contributed by atoms with Crippen LogP contribution in [0.2, 0.25) is 0 Å². The number of hydrogen-bond donors (Lipinski definition) is 4. The molecule has 0 rings (SSSR count). The second kappa shape index (κ2) is 35.1. The van der Waals surface area contributed by atoms with E-state index in [9.17, 15) is 28.9 Å². The summed E-state index contributed by atoms with van der Waals surface area (Å²) in [5.74, 6) is -2.48. The number of carboxylic acids is 1. The Balaban J connectivity index is 4.53. The van der Waals surface area contributed by atoms with Crippen LogP contribution in [0, 0.1) is 0 Å². The summed E-state index contributed by atoms with van der Waals surface area (Å²) in [7, 11) is -4.73. The summed E-state index contributed by atoms with van der Waals surface area (Å²) in [4.78, 5) is 45.7. The van der Waals surface area contributed by atoms with Gasteiger partial charge in [-0.25, -0.2) is 4.57 Å². The zero-order chi connectivity index (χ0) is 39.4. The van der Waals surface area contributed by atoms with Gasteiger partial charge in [-0.3, -0.25) is 23.4 Å². The molecule has 13 heteroatoms. The fraction of sp³-hybridized carbons (Fsp3) is 0.725. The van der Waals surface area contributed by atoms with Gasteiger partial charge in [0.1, 0.15) is 12.6 Å². The van der Waals surface area contributed by atoms with Gasteiger partial charge in [-0.15, -0.1) is 0 Å². The molecule has 306 valence electrons. The number of carbonyl (C=O) groups excluding carboxylic acids is 2. The molecule has 4 atom stereocenters. The molecule has 0 amide bonds. The SMILES string of the molecule is CCCCCCCCCCCCCC(=O)O[C@H](COC(=O)CCC/C=C\C/C=C\C/C=C\C/C=C\[C@@H](O)CCCC)COP(=O)(O)OC[C@H](N)C(=O)O. The molecule has 0 heterocycles. The van der Waals surface area contributed by atoms with E-state index in [0.717, 1.165) is 57.8 Å². The minimum absolute atomic E-state index is 0.129. The van der Waals surface area contributed by atoms with Gasteiger partial charge in [0.25, 0.3) is 0 Å². The van der Waals surface area contributed by atoms with E-state index in [1.165, 1.54) is 44.9 Å². The quantitative estimate of drug-likeness (QED) is 0.0205. The van der Waals surface area contributed by atoms with Gasteiger partial charge >= 0.3 is 25.7 Å². The first-order chi connectivity index (χ1) is 25.5. The van der Waals surface area contributed by atoms with Crippen LogP contribution in [0.5, 0.6) is 0 Å². The molecule has 0 saturated carbocycles. The van der Waals surface area contributed by atoms with Crippen LogP contribution in [-0.2, 0) is 37.5 Å². The van der Waals surface area contributed by atoms with Gasteiger partial charge in [-0.1, -0.05) is 140 Å². The zero-order valence-corrected chi connectivity index (χ0v) is 33.3. The van der Waals surface area contributed by atoms with Crippen molar-refractivity contribution in [2.75, 3.05) is 19.8 Å². The van der Waals surface area contributed by atoms with Crippen LogP contribution in [0.1, 0.15) is 149 Å². The van der Waals surface area contributed by atoms with Crippen molar-refractivity contribution in [3.05, 3.63) is 48.6 Å². The minimum Gasteiger partial charge on any atom is -0.480 e. The third-order valence-electron chi connectivity index (χ3n) is 8.15. The summed E-state index contributed by atoms with van der Waals surface area (Å²) in [5.41, 5.74) is 5.31. The van der Waals surface area contributed by atoms with Gasteiger partial charge < -0.3 is 30.3 Å². The second-order valence-corrected chi connectivity index (χ2v) is 14.7. The number of phosphoric acid groups is 1. The Morgan fingerprint density at radius 3 is 1.75 bits per heavy atom. The molecule has 0 aliphatic rings. The van der Waals surface area contributed by atoms with Crippen LogP contribution in [0.3, 0.4) is 0 Å². The molecule has 0 bridgehead atoms. The number of aliphatic carboxylic acids is 1. The van der Waals surface area contributed by atoms with Crippen molar-refractivity contribution in [1.82, 2.24) is 0 Å². The molecular formula is C40H70NO11P. The predicted molar refractivity (Wildman–Crippen MR) is 209 cm³/mol. The highest BCUT2D eigenvalue weighted by atomic mass is 31.2. The molecule has 0 aromatic heterocycles. The molecule has 53 heavy (non-hydrogen) atoms. The Kier molecular flexibility index (Phi) is 33.4. The normalized spacial score (nSPS) is 15.0. The number of esters is 2. The highest BCUT2D eigenvalue weighted by Gasteiger charge is 2.28. The lowest BCUT2D eigenvalue weighted by Gasteiger charge is -2.20. The Morgan fingerprint density at radius 2 is 1.17 bits per heavy atom. The number of phosphoric ester groups is 1. The molecule has 5 N–H and O–H groups in total. The van der Waals surface area contributed by atoms with Gasteiger partial charge in [0.05, 0.1) is 19.3 Å². The lowest BCUT2D eigenvalue weighted by molar-refractivity contribution is -0.161. The standard InChI is InChI=1S/C40H70NO11P/c1-3-5-7-8-9-10-13-18-21-24-27-31-39(44)52-36(33-50-53(47,48)51-34-37(41)40(45)46)32-49-38(43)30-26-23-20-17-15-12-11-14-16-19-22-25-29-35(42)28-6-4-2/h11-12,16-17,19-20,25,29,35-37,42H,3-10,13-15,18,21-24,26-28,30-34,41H2,1-2H3,(H,45,46)(H,47,48)/b12-11-,19-16-,20-17-,29-25-/t35-,36+,37-/m0/s1. The van der Waals surface area contributed by atoms with Crippen LogP contribution in [0.4, 0.5) is 0 Å². The minimum atomic E-state index is -4.73. The van der Waals surface area contributed by atoms with Gasteiger partial charge in [0, 0.05) is 12.8 Å². The van der Waals surface area contributed by atoms with E-state index in [4.69, 9.17) is 24.8 Å². The number of unbranched alkanes of at least 4 members (excludes halogenated alkanes) is 12. The van der Waals surface area contributed by atoms with Crippen molar-refractivity contribution in [2.45, 2.75) is 167 Å². The number of rotatable bonds is 36. The molecule has 0 aromatic carbocycles. The predicted octanol–water partition coefficient (Wildman–Crippen LogP) is 8.80. The lowest BCUT2D eigenvalue weighted by Crippen LogP contribution is -2.34. The highest BCUT2D eigenvalue weighted by Crippen LogP contribution is 2.43. The number of aliphatic hydroxyl groups excluding tert-OH is 1.